The summed E-state index contributed by atoms with van der Waals surface area (Å²) in [6, 6.07) is 9.20. The van der Waals surface area contributed by atoms with Gasteiger partial charge in [-0.05, 0) is 32.8 Å². The van der Waals surface area contributed by atoms with Crippen LogP contribution in [0.1, 0.15) is 26.3 Å². The van der Waals surface area contributed by atoms with Crippen molar-refractivity contribution < 1.29 is 14.6 Å². The van der Waals surface area contributed by atoms with Gasteiger partial charge in [-0.15, -0.1) is 0 Å². The van der Waals surface area contributed by atoms with Crippen LogP contribution in [0.5, 0.6) is 0 Å². The molecule has 0 unspecified atom stereocenters. The second kappa shape index (κ2) is 8.39. The first-order valence-electron chi connectivity index (χ1n) is 7.32. The van der Waals surface area contributed by atoms with Crippen molar-refractivity contribution in [1.29, 1.82) is 0 Å². The van der Waals surface area contributed by atoms with Gasteiger partial charge in [0.2, 0.25) is 0 Å². The first-order chi connectivity index (χ1) is 10.3. The molecule has 22 heavy (non-hydrogen) atoms. The number of benzene rings is 1. The van der Waals surface area contributed by atoms with Crippen LogP contribution in [0, 0.1) is 0 Å². The summed E-state index contributed by atoms with van der Waals surface area (Å²) in [6.45, 7) is 8.97. The molecule has 0 spiro atoms. The van der Waals surface area contributed by atoms with E-state index >= 15 is 0 Å². The van der Waals surface area contributed by atoms with Crippen molar-refractivity contribution in [1.82, 2.24) is 5.32 Å². The molecule has 0 saturated heterocycles. The molecule has 0 aromatic heterocycles. The fraction of sp³-hybridized carbons (Fsp3) is 0.389. The average molecular weight is 303 g/mol. The van der Waals surface area contributed by atoms with E-state index in [2.05, 4.69) is 11.9 Å². The minimum atomic E-state index is -0.828. The molecule has 4 nitrogen and oxygen atoms in total. The largest absolute Gasteiger partial charge is 0.444 e. The van der Waals surface area contributed by atoms with Crippen LogP contribution in [-0.4, -0.2) is 28.9 Å². The lowest BCUT2D eigenvalue weighted by atomic mass is 10.0. The Morgan fingerprint density at radius 3 is 2.55 bits per heavy atom. The van der Waals surface area contributed by atoms with E-state index in [4.69, 9.17) is 4.74 Å². The number of hydrogen-bond acceptors (Lipinski definition) is 3. The first-order valence-corrected chi connectivity index (χ1v) is 7.32. The van der Waals surface area contributed by atoms with Crippen molar-refractivity contribution in [3.63, 3.8) is 0 Å². The number of allylic oxidation sites excluding steroid dienone is 2. The quantitative estimate of drug-likeness (QED) is 0.793. The van der Waals surface area contributed by atoms with E-state index in [1.165, 1.54) is 0 Å². The topological polar surface area (TPSA) is 58.6 Å². The van der Waals surface area contributed by atoms with Gasteiger partial charge >= 0.3 is 6.09 Å². The third-order valence-electron chi connectivity index (χ3n) is 2.86. The summed E-state index contributed by atoms with van der Waals surface area (Å²) < 4.78 is 5.26. The summed E-state index contributed by atoms with van der Waals surface area (Å²) in [4.78, 5) is 11.9. The van der Waals surface area contributed by atoms with Gasteiger partial charge in [0, 0.05) is 0 Å². The Kier molecular flexibility index (Phi) is 6.86. The lowest BCUT2D eigenvalue weighted by Gasteiger charge is -2.25. The summed E-state index contributed by atoms with van der Waals surface area (Å²) >= 11 is 0. The second-order valence-electron chi connectivity index (χ2n) is 6.05. The number of aliphatic hydroxyl groups excluding tert-OH is 1. The number of carbonyl (C=O) groups is 1. The van der Waals surface area contributed by atoms with Gasteiger partial charge in [0.1, 0.15) is 5.60 Å². The van der Waals surface area contributed by atoms with E-state index < -0.39 is 23.8 Å². The van der Waals surface area contributed by atoms with E-state index in [1.807, 2.05) is 30.3 Å². The molecule has 2 atom stereocenters. The molecule has 0 aliphatic rings. The Morgan fingerprint density at radius 1 is 1.36 bits per heavy atom. The van der Waals surface area contributed by atoms with E-state index in [9.17, 15) is 9.90 Å². The third-order valence-corrected chi connectivity index (χ3v) is 2.86. The molecule has 0 bridgehead atoms. The van der Waals surface area contributed by atoms with Gasteiger partial charge in [0.25, 0.3) is 0 Å². The molecule has 0 aliphatic carbocycles. The number of ether oxygens (including phenoxy) is 1. The fourth-order valence-corrected chi connectivity index (χ4v) is 1.91. The lowest BCUT2D eigenvalue weighted by Crippen LogP contribution is -2.46. The van der Waals surface area contributed by atoms with Crippen LogP contribution in [0.4, 0.5) is 4.79 Å². The average Bonchev–Trinajstić information content (AvgIpc) is 2.43. The van der Waals surface area contributed by atoms with Crippen LogP contribution in [0.25, 0.3) is 0 Å². The van der Waals surface area contributed by atoms with Crippen molar-refractivity contribution in [3.05, 3.63) is 60.7 Å². The third kappa shape index (κ3) is 7.09. The maximum Gasteiger partial charge on any atom is 0.407 e. The van der Waals surface area contributed by atoms with E-state index in [1.54, 1.807) is 39.0 Å². The van der Waals surface area contributed by atoms with Crippen LogP contribution in [0.3, 0.4) is 0 Å². The van der Waals surface area contributed by atoms with Crippen LogP contribution in [-0.2, 0) is 11.2 Å². The maximum absolute atomic E-state index is 11.9. The Labute approximate surface area is 132 Å². The minimum absolute atomic E-state index is 0.478. The van der Waals surface area contributed by atoms with Crippen molar-refractivity contribution in [3.8, 4) is 0 Å². The van der Waals surface area contributed by atoms with Gasteiger partial charge in [-0.1, -0.05) is 55.1 Å². The maximum atomic E-state index is 11.9. The molecule has 0 fully saturated rings. The number of nitrogens with one attached hydrogen (secondary N) is 1. The molecular formula is C18H25NO3. The zero-order chi connectivity index (χ0) is 16.6. The summed E-state index contributed by atoms with van der Waals surface area (Å²) in [5.74, 6) is 0. The highest BCUT2D eigenvalue weighted by molar-refractivity contribution is 5.68. The van der Waals surface area contributed by atoms with E-state index in [0.717, 1.165) is 5.56 Å². The standard InChI is InChI=1S/C18H25NO3/c1-5-6-12-16(20)15(13-14-10-8-7-9-11-14)19-17(21)22-18(2,3)4/h5-12,15-16,20H,1,13H2,2-4H3,(H,19,21)/b12-6-/t15-,16-/m0/s1. The van der Waals surface area contributed by atoms with Gasteiger partial charge in [-0.2, -0.15) is 0 Å². The van der Waals surface area contributed by atoms with Crippen LogP contribution in [0.15, 0.2) is 55.1 Å². The van der Waals surface area contributed by atoms with E-state index in [-0.39, 0.29) is 0 Å². The highest BCUT2D eigenvalue weighted by Gasteiger charge is 2.23. The molecule has 0 radical (unpaired) electrons. The Morgan fingerprint density at radius 2 is 2.00 bits per heavy atom. The predicted molar refractivity (Wildman–Crippen MR) is 88.6 cm³/mol. The Hall–Kier alpha value is -2.07. The number of carbonyl (C=O) groups excluding carboxylic acids is 1. The molecule has 0 heterocycles. The summed E-state index contributed by atoms with van der Waals surface area (Å²) in [7, 11) is 0. The zero-order valence-corrected chi connectivity index (χ0v) is 13.5. The number of alkyl carbamates (subject to hydrolysis) is 1. The molecular weight excluding hydrogens is 278 g/mol. The molecule has 2 N–H and O–H groups in total. The van der Waals surface area contributed by atoms with Gasteiger partial charge in [0.15, 0.2) is 0 Å². The first kappa shape index (κ1) is 18.0. The highest BCUT2D eigenvalue weighted by Crippen LogP contribution is 2.11. The van der Waals surface area contributed by atoms with Crippen molar-refractivity contribution in [2.24, 2.45) is 0 Å². The van der Waals surface area contributed by atoms with Crippen molar-refractivity contribution in [2.45, 2.75) is 44.9 Å². The molecule has 1 aromatic carbocycles. The van der Waals surface area contributed by atoms with Crippen LogP contribution < -0.4 is 5.32 Å². The van der Waals surface area contributed by atoms with Gasteiger partial charge < -0.3 is 15.2 Å². The normalized spacial score (nSPS) is 14.4. The Bertz CT molecular complexity index is 503. The van der Waals surface area contributed by atoms with Gasteiger partial charge in [-0.25, -0.2) is 4.79 Å². The number of amides is 1. The van der Waals surface area contributed by atoms with Gasteiger partial charge in [-0.3, -0.25) is 0 Å². The number of aliphatic hydroxyl groups is 1. The lowest BCUT2D eigenvalue weighted by molar-refractivity contribution is 0.0455. The summed E-state index contributed by atoms with van der Waals surface area (Å²) in [5, 5.41) is 13.0. The molecule has 0 aliphatic heterocycles. The molecule has 1 amide bonds. The second-order valence-corrected chi connectivity index (χ2v) is 6.05. The zero-order valence-electron chi connectivity index (χ0n) is 13.5. The summed E-state index contributed by atoms with van der Waals surface area (Å²) in [6.07, 6.45) is 3.96. The van der Waals surface area contributed by atoms with Crippen molar-refractivity contribution in [2.75, 3.05) is 0 Å². The smallest absolute Gasteiger partial charge is 0.407 e. The SMILES string of the molecule is C=C/C=C\[C@H](O)[C@H](Cc1ccccc1)NC(=O)OC(C)(C)C. The Balaban J connectivity index is 2.79. The number of rotatable bonds is 6. The van der Waals surface area contributed by atoms with Crippen LogP contribution in [0.2, 0.25) is 0 Å². The number of hydrogen-bond donors (Lipinski definition) is 2. The predicted octanol–water partition coefficient (Wildman–Crippen LogP) is 3.23. The fourth-order valence-electron chi connectivity index (χ4n) is 1.91. The molecule has 1 aromatic rings. The minimum Gasteiger partial charge on any atom is -0.444 e. The molecule has 0 saturated carbocycles. The monoisotopic (exact) mass is 303 g/mol. The molecule has 4 heteroatoms. The summed E-state index contributed by atoms with van der Waals surface area (Å²) in [5.41, 5.74) is 0.443. The highest BCUT2D eigenvalue weighted by atomic mass is 16.6. The van der Waals surface area contributed by atoms with Crippen molar-refractivity contribution >= 4 is 6.09 Å². The van der Waals surface area contributed by atoms with Crippen LogP contribution >= 0.6 is 0 Å². The molecule has 120 valence electrons. The molecule has 1 rings (SSSR count). The van der Waals surface area contributed by atoms with Gasteiger partial charge in [0.05, 0.1) is 12.1 Å². The van der Waals surface area contributed by atoms with E-state index in [0.29, 0.717) is 6.42 Å².